The first-order valence-electron chi connectivity index (χ1n) is 5.74. The van der Waals surface area contributed by atoms with Crippen molar-refractivity contribution in [2.75, 3.05) is 27.3 Å². The van der Waals surface area contributed by atoms with Crippen LogP contribution in [0.1, 0.15) is 5.56 Å². The van der Waals surface area contributed by atoms with Gasteiger partial charge in [-0.15, -0.1) is 0 Å². The second kappa shape index (κ2) is 5.18. The molecule has 0 saturated heterocycles. The zero-order valence-corrected chi connectivity index (χ0v) is 11.6. The second-order valence-corrected chi connectivity index (χ2v) is 6.25. The van der Waals surface area contributed by atoms with Gasteiger partial charge in [-0.25, -0.2) is 8.42 Å². The third kappa shape index (κ3) is 2.71. The molecule has 0 aliphatic carbocycles. The van der Waals surface area contributed by atoms with E-state index in [0.29, 0.717) is 13.0 Å². The van der Waals surface area contributed by atoms with Crippen molar-refractivity contribution < 1.29 is 22.7 Å². The summed E-state index contributed by atoms with van der Waals surface area (Å²) in [6, 6.07) is 4.71. The molecule has 0 atom stereocenters. The number of sulfonamides is 1. The van der Waals surface area contributed by atoms with Crippen LogP contribution < -0.4 is 4.74 Å². The topological polar surface area (TPSA) is 72.9 Å². The molecule has 1 aromatic carbocycles. The van der Waals surface area contributed by atoms with Crippen LogP contribution in [0, 0.1) is 0 Å². The molecule has 1 heterocycles. The fraction of sp³-hybridized carbons (Fsp3) is 0.417. The summed E-state index contributed by atoms with van der Waals surface area (Å²) >= 11 is 0. The molecule has 1 aromatic rings. The van der Waals surface area contributed by atoms with Gasteiger partial charge in [-0.05, 0) is 23.8 Å². The molecule has 1 aliphatic rings. The lowest BCUT2D eigenvalue weighted by molar-refractivity contribution is -0.140. The molecular formula is C12H15NO5S. The molecule has 1 aliphatic heterocycles. The van der Waals surface area contributed by atoms with Crippen molar-refractivity contribution in [1.29, 1.82) is 0 Å². The van der Waals surface area contributed by atoms with Gasteiger partial charge in [-0.1, -0.05) is 0 Å². The highest BCUT2D eigenvalue weighted by molar-refractivity contribution is 7.89. The monoisotopic (exact) mass is 285 g/mol. The molecule has 0 N–H and O–H groups in total. The van der Waals surface area contributed by atoms with Gasteiger partial charge in [0.25, 0.3) is 0 Å². The van der Waals surface area contributed by atoms with Gasteiger partial charge in [0.05, 0.1) is 18.6 Å². The first-order chi connectivity index (χ1) is 8.95. The van der Waals surface area contributed by atoms with E-state index in [1.807, 2.05) is 0 Å². The van der Waals surface area contributed by atoms with Crippen molar-refractivity contribution in [3.8, 4) is 5.75 Å². The summed E-state index contributed by atoms with van der Waals surface area (Å²) in [7, 11) is -1.13. The van der Waals surface area contributed by atoms with E-state index in [1.54, 1.807) is 12.1 Å². The predicted octanol–water partition coefficient (Wildman–Crippen LogP) is 0.415. The molecule has 0 saturated carbocycles. The van der Waals surface area contributed by atoms with E-state index in [9.17, 15) is 13.2 Å². The number of hydrogen-bond donors (Lipinski definition) is 0. The molecule has 0 radical (unpaired) electrons. The van der Waals surface area contributed by atoms with Crippen LogP contribution in [0.15, 0.2) is 23.1 Å². The van der Waals surface area contributed by atoms with Crippen LogP contribution in [0.3, 0.4) is 0 Å². The molecule has 2 rings (SSSR count). The molecule has 6 nitrogen and oxygen atoms in total. The van der Waals surface area contributed by atoms with Crippen LogP contribution in [0.4, 0.5) is 0 Å². The van der Waals surface area contributed by atoms with E-state index in [2.05, 4.69) is 4.74 Å². The highest BCUT2D eigenvalue weighted by atomic mass is 32.2. The summed E-state index contributed by atoms with van der Waals surface area (Å²) in [5.41, 5.74) is 0.868. The van der Waals surface area contributed by atoms with Crippen molar-refractivity contribution in [2.24, 2.45) is 0 Å². The fourth-order valence-electron chi connectivity index (χ4n) is 1.83. The first-order valence-corrected chi connectivity index (χ1v) is 7.18. The quantitative estimate of drug-likeness (QED) is 0.749. The smallest absolute Gasteiger partial charge is 0.321 e. The molecular weight excluding hydrogens is 270 g/mol. The van der Waals surface area contributed by atoms with E-state index < -0.39 is 16.0 Å². The zero-order valence-electron chi connectivity index (χ0n) is 10.8. The summed E-state index contributed by atoms with van der Waals surface area (Å²) in [6.45, 7) is 0.253. The number of rotatable bonds is 4. The number of carbonyl (C=O) groups is 1. The van der Waals surface area contributed by atoms with Crippen LogP contribution >= 0.6 is 0 Å². The van der Waals surface area contributed by atoms with Gasteiger partial charge in [0.1, 0.15) is 12.3 Å². The number of carbonyl (C=O) groups excluding carboxylic acids is 1. The largest absolute Gasteiger partial charge is 0.493 e. The van der Waals surface area contributed by atoms with Crippen molar-refractivity contribution in [2.45, 2.75) is 11.3 Å². The Morgan fingerprint density at radius 1 is 1.47 bits per heavy atom. The third-order valence-corrected chi connectivity index (χ3v) is 4.75. The molecule has 0 amide bonds. The highest BCUT2D eigenvalue weighted by Gasteiger charge is 2.25. The van der Waals surface area contributed by atoms with Crippen LogP contribution in [0.2, 0.25) is 0 Å². The minimum atomic E-state index is -3.69. The summed E-state index contributed by atoms with van der Waals surface area (Å²) in [4.78, 5) is 11.3. The van der Waals surface area contributed by atoms with Crippen molar-refractivity contribution in [3.63, 3.8) is 0 Å². The Morgan fingerprint density at radius 2 is 2.21 bits per heavy atom. The maximum Gasteiger partial charge on any atom is 0.321 e. The number of methoxy groups -OCH3 is 1. The van der Waals surface area contributed by atoms with E-state index in [1.165, 1.54) is 20.2 Å². The normalized spacial score (nSPS) is 14.1. The van der Waals surface area contributed by atoms with Gasteiger partial charge in [-0.2, -0.15) is 4.31 Å². The van der Waals surface area contributed by atoms with E-state index >= 15 is 0 Å². The second-order valence-electron chi connectivity index (χ2n) is 4.21. The number of hydrogen-bond acceptors (Lipinski definition) is 5. The van der Waals surface area contributed by atoms with Crippen LogP contribution in [-0.4, -0.2) is 46.0 Å². The van der Waals surface area contributed by atoms with Gasteiger partial charge in [-0.3, -0.25) is 4.79 Å². The Kier molecular flexibility index (Phi) is 3.77. The van der Waals surface area contributed by atoms with Gasteiger partial charge in [0, 0.05) is 13.5 Å². The highest BCUT2D eigenvalue weighted by Crippen LogP contribution is 2.28. The van der Waals surface area contributed by atoms with E-state index in [-0.39, 0.29) is 11.4 Å². The first kappa shape index (κ1) is 13.8. The molecule has 0 aromatic heterocycles. The fourth-order valence-corrected chi connectivity index (χ4v) is 3.00. The number of nitrogens with zero attached hydrogens (tertiary/aromatic N) is 1. The van der Waals surface area contributed by atoms with Crippen LogP contribution in [-0.2, 0) is 26.0 Å². The molecule has 19 heavy (non-hydrogen) atoms. The number of fused-ring (bicyclic) bond motifs is 1. The molecule has 104 valence electrons. The molecule has 0 fully saturated rings. The third-order valence-electron chi connectivity index (χ3n) is 2.95. The minimum Gasteiger partial charge on any atom is -0.493 e. The average Bonchev–Trinajstić information content (AvgIpc) is 2.85. The van der Waals surface area contributed by atoms with Crippen LogP contribution in [0.5, 0.6) is 5.75 Å². The Labute approximate surface area is 112 Å². The maximum absolute atomic E-state index is 12.3. The van der Waals surface area contributed by atoms with Gasteiger partial charge in [0.2, 0.25) is 10.0 Å². The standard InChI is InChI=1S/C12H15NO5S/c1-13(8-12(14)17-2)19(15,16)10-3-4-11-9(7-10)5-6-18-11/h3-4,7H,5-6,8H2,1-2H3. The average molecular weight is 285 g/mol. The van der Waals surface area contributed by atoms with Crippen LogP contribution in [0.25, 0.3) is 0 Å². The number of ether oxygens (including phenoxy) is 2. The Morgan fingerprint density at radius 3 is 2.89 bits per heavy atom. The van der Waals surface area contributed by atoms with Gasteiger partial charge >= 0.3 is 5.97 Å². The van der Waals surface area contributed by atoms with Crippen molar-refractivity contribution in [1.82, 2.24) is 4.31 Å². The molecule has 0 spiro atoms. The SMILES string of the molecule is COC(=O)CN(C)S(=O)(=O)c1ccc2c(c1)CCO2. The summed E-state index contributed by atoms with van der Waals surface area (Å²) in [6.07, 6.45) is 0.694. The number of esters is 1. The van der Waals surface area contributed by atoms with Gasteiger partial charge < -0.3 is 9.47 Å². The number of benzene rings is 1. The lowest BCUT2D eigenvalue weighted by Crippen LogP contribution is -2.32. The van der Waals surface area contributed by atoms with Gasteiger partial charge in [0.15, 0.2) is 0 Å². The maximum atomic E-state index is 12.3. The Balaban J connectivity index is 2.26. The summed E-state index contributed by atoms with van der Waals surface area (Å²) < 4.78 is 35.3. The summed E-state index contributed by atoms with van der Waals surface area (Å²) in [5.74, 6) is 0.116. The molecule has 0 unspecified atom stereocenters. The number of likely N-dealkylation sites (N-methyl/N-ethyl adjacent to an activating group) is 1. The minimum absolute atomic E-state index is 0.156. The predicted molar refractivity (Wildman–Crippen MR) is 67.5 cm³/mol. The van der Waals surface area contributed by atoms with E-state index in [4.69, 9.17) is 4.74 Å². The van der Waals surface area contributed by atoms with E-state index in [0.717, 1.165) is 15.6 Å². The van der Waals surface area contributed by atoms with Crippen molar-refractivity contribution in [3.05, 3.63) is 23.8 Å². The lowest BCUT2D eigenvalue weighted by atomic mass is 10.2. The Hall–Kier alpha value is -1.60. The molecule has 7 heteroatoms. The lowest BCUT2D eigenvalue weighted by Gasteiger charge is -2.16. The summed E-state index contributed by atoms with van der Waals surface area (Å²) in [5, 5.41) is 0. The zero-order chi connectivity index (χ0) is 14.0. The Bertz CT molecular complexity index is 596. The molecule has 0 bridgehead atoms. The van der Waals surface area contributed by atoms with Crippen molar-refractivity contribution >= 4 is 16.0 Å².